The fourth-order valence-electron chi connectivity index (χ4n) is 14.0. The number of nitrogens with one attached hydrogen (secondary N) is 1. The molecule has 1 saturated heterocycles. The zero-order valence-electron chi connectivity index (χ0n) is 36.5. The monoisotopic (exact) mass is 836 g/mol. The van der Waals surface area contributed by atoms with Crippen LogP contribution in [0.25, 0.3) is 0 Å². The molecule has 7 unspecified atom stereocenters. The van der Waals surface area contributed by atoms with Gasteiger partial charge in [0.25, 0.3) is 0 Å². The van der Waals surface area contributed by atoms with E-state index in [1.54, 1.807) is 27.2 Å². The Morgan fingerprint density at radius 2 is 1.60 bits per heavy atom. The number of aliphatic imine (C=N–C) groups is 2. The average Bonchev–Trinajstić information content (AvgIpc) is 3.90. The molecule has 2 fully saturated rings. The summed E-state index contributed by atoms with van der Waals surface area (Å²) in [6, 6.07) is 12.3. The van der Waals surface area contributed by atoms with Crippen LogP contribution in [0, 0.1) is 35.5 Å². The molecule has 1 aromatic rings. The maximum atomic E-state index is 5.71. The number of benzene rings is 1. The minimum atomic E-state index is -0.263. The van der Waals surface area contributed by atoms with E-state index in [9.17, 15) is 0 Å². The highest BCUT2D eigenvalue weighted by Gasteiger charge is 2.58. The Bertz CT molecular complexity index is 2360. The lowest BCUT2D eigenvalue weighted by Crippen LogP contribution is -2.55. The van der Waals surface area contributed by atoms with Crippen molar-refractivity contribution in [3.63, 3.8) is 0 Å². The van der Waals surface area contributed by atoms with Gasteiger partial charge in [-0.2, -0.15) is 0 Å². The van der Waals surface area contributed by atoms with Crippen molar-refractivity contribution in [3.05, 3.63) is 165 Å². The normalized spacial score (nSPS) is 37.4. The molecule has 4 nitrogen and oxygen atoms in total. The van der Waals surface area contributed by atoms with Gasteiger partial charge in [0, 0.05) is 40.8 Å². The summed E-state index contributed by atoms with van der Waals surface area (Å²) in [7, 11) is 0. The molecule has 3 heterocycles. The standard InChI is InChI=1S/C57H64N4S/c1-5-17-37(18-6-1)43-31-29-41(35-47(43)38-19-7-2-8-20-38)42-30-33-50(48(36-42)57-59-55(39-21-9-3-10-22-39)58-56(60-57)40-23-11-4-12-24-40)61-49-27-15-13-25-44(49)45-32-34-52-53(54(45)61)46-26-14-16-28-51(46)62-52/h1-7,9-11,14,17,19,21-23,25-26,35-37,42-43,45,47,49-50,52-55H,8,12-13,15-16,18,20,24,27-34H2,(H,58,59,60)/t37?,42?,43-,45+,47?,49-,50?,52?,53+,54?,55?/m1/s1. The van der Waals surface area contributed by atoms with Gasteiger partial charge in [-0.3, -0.25) is 4.90 Å². The largest absolute Gasteiger partial charge is 0.325 e. The Morgan fingerprint density at radius 1 is 0.710 bits per heavy atom. The van der Waals surface area contributed by atoms with Crippen molar-refractivity contribution >= 4 is 23.4 Å². The predicted molar refractivity (Wildman–Crippen MR) is 260 cm³/mol. The second-order valence-electron chi connectivity index (χ2n) is 20.0. The van der Waals surface area contributed by atoms with Gasteiger partial charge in [-0.15, -0.1) is 11.8 Å². The van der Waals surface area contributed by atoms with E-state index in [0.29, 0.717) is 58.9 Å². The first kappa shape index (κ1) is 39.4. The van der Waals surface area contributed by atoms with Gasteiger partial charge < -0.3 is 5.32 Å². The number of nitrogens with zero attached hydrogens (tertiary/aromatic N) is 3. The molecular weight excluding hydrogens is 773 g/mol. The van der Waals surface area contributed by atoms with Crippen LogP contribution in [0.1, 0.15) is 114 Å². The van der Waals surface area contributed by atoms with Gasteiger partial charge in [-0.05, 0) is 148 Å². The van der Waals surface area contributed by atoms with Gasteiger partial charge in [0.05, 0.1) is 0 Å². The van der Waals surface area contributed by atoms with Gasteiger partial charge in [-0.25, -0.2) is 9.98 Å². The first-order valence-electron chi connectivity index (χ1n) is 24.7. The van der Waals surface area contributed by atoms with Gasteiger partial charge in [-0.1, -0.05) is 138 Å². The van der Waals surface area contributed by atoms with Crippen molar-refractivity contribution in [1.29, 1.82) is 0 Å². The molecule has 1 saturated carbocycles. The van der Waals surface area contributed by atoms with Crippen molar-refractivity contribution in [2.75, 3.05) is 0 Å². The first-order valence-corrected chi connectivity index (χ1v) is 25.6. The van der Waals surface area contributed by atoms with Crippen molar-refractivity contribution in [1.82, 2.24) is 10.2 Å². The summed E-state index contributed by atoms with van der Waals surface area (Å²) in [5.74, 6) is 5.60. The number of thioether (sulfide) groups is 1. The molecule has 1 N–H and O–H groups in total. The summed E-state index contributed by atoms with van der Waals surface area (Å²) in [5, 5.41) is 4.74. The highest BCUT2D eigenvalue weighted by atomic mass is 32.2. The first-order chi connectivity index (χ1) is 30.7. The number of amidine groups is 2. The minimum Gasteiger partial charge on any atom is -0.325 e. The van der Waals surface area contributed by atoms with Crippen LogP contribution in [0.5, 0.6) is 0 Å². The number of hydrogen-bond donors (Lipinski definition) is 1. The summed E-state index contributed by atoms with van der Waals surface area (Å²) in [6.07, 6.45) is 56.0. The zero-order chi connectivity index (χ0) is 41.0. The van der Waals surface area contributed by atoms with Crippen LogP contribution >= 0.6 is 11.8 Å². The van der Waals surface area contributed by atoms with E-state index in [2.05, 4.69) is 143 Å². The van der Waals surface area contributed by atoms with E-state index in [0.717, 1.165) is 24.5 Å². The van der Waals surface area contributed by atoms with Crippen LogP contribution in [0.2, 0.25) is 0 Å². The summed E-state index contributed by atoms with van der Waals surface area (Å²) < 4.78 is 0. The molecule has 62 heavy (non-hydrogen) atoms. The van der Waals surface area contributed by atoms with E-state index in [4.69, 9.17) is 9.98 Å². The van der Waals surface area contributed by atoms with Crippen molar-refractivity contribution < 1.29 is 0 Å². The molecule has 1 aromatic carbocycles. The summed E-state index contributed by atoms with van der Waals surface area (Å²) >= 11 is 2.27. The highest BCUT2D eigenvalue weighted by Crippen LogP contribution is 2.60. The molecule has 0 spiro atoms. The summed E-state index contributed by atoms with van der Waals surface area (Å²) in [6.45, 7) is 0. The Kier molecular flexibility index (Phi) is 10.8. The Labute approximate surface area is 375 Å². The molecular formula is C57H64N4S. The molecule has 12 rings (SSSR count). The topological polar surface area (TPSA) is 40.0 Å². The molecule has 0 bridgehead atoms. The van der Waals surface area contributed by atoms with Gasteiger partial charge >= 0.3 is 0 Å². The van der Waals surface area contributed by atoms with Crippen LogP contribution < -0.4 is 5.32 Å². The number of rotatable bonds is 7. The zero-order valence-corrected chi connectivity index (χ0v) is 37.3. The fourth-order valence-corrected chi connectivity index (χ4v) is 15.6. The lowest BCUT2D eigenvalue weighted by atomic mass is 9.66. The smallest absolute Gasteiger partial charge is 0.169 e. The molecule has 11 atom stereocenters. The fraction of sp³-hybridized carbons (Fsp3) is 0.474. The Hall–Kier alpha value is -4.19. The molecule has 0 radical (unpaired) electrons. The second-order valence-corrected chi connectivity index (χ2v) is 21.3. The van der Waals surface area contributed by atoms with Crippen LogP contribution in [-0.4, -0.2) is 39.9 Å². The molecule has 8 aliphatic carbocycles. The number of fused-ring (bicyclic) bond motifs is 6. The average molecular weight is 837 g/mol. The van der Waals surface area contributed by atoms with Crippen molar-refractivity contribution in [2.24, 2.45) is 45.5 Å². The number of allylic oxidation sites excluding steroid dienone is 18. The second kappa shape index (κ2) is 17.1. The molecule has 11 aliphatic rings. The third kappa shape index (κ3) is 7.18. The van der Waals surface area contributed by atoms with Crippen molar-refractivity contribution in [3.8, 4) is 0 Å². The van der Waals surface area contributed by atoms with Crippen LogP contribution in [0.3, 0.4) is 0 Å². The maximum Gasteiger partial charge on any atom is 0.169 e. The lowest BCUT2D eigenvalue weighted by molar-refractivity contribution is 0.0787. The van der Waals surface area contributed by atoms with E-state index in [-0.39, 0.29) is 6.17 Å². The molecule has 0 aromatic heterocycles. The van der Waals surface area contributed by atoms with Crippen LogP contribution in [0.4, 0.5) is 0 Å². The lowest BCUT2D eigenvalue weighted by Gasteiger charge is -2.48. The summed E-state index contributed by atoms with van der Waals surface area (Å²) in [4.78, 5) is 16.0. The predicted octanol–water partition coefficient (Wildman–Crippen LogP) is 13.3. The quantitative estimate of drug-likeness (QED) is 0.278. The van der Waals surface area contributed by atoms with Gasteiger partial charge in [0.15, 0.2) is 6.17 Å². The third-order valence-corrected chi connectivity index (χ3v) is 18.3. The molecule has 318 valence electrons. The van der Waals surface area contributed by atoms with E-state index < -0.39 is 0 Å². The van der Waals surface area contributed by atoms with Crippen molar-refractivity contribution in [2.45, 2.75) is 132 Å². The molecule has 0 amide bonds. The van der Waals surface area contributed by atoms with Gasteiger partial charge in [0.1, 0.15) is 11.7 Å². The van der Waals surface area contributed by atoms with E-state index in [1.807, 2.05) is 0 Å². The SMILES string of the molecule is C1=CCCC(C2=NC(c3ccccc3)N=C(C3=CC(C4=CC(C5=CC=CCC5)[C@@H](C5C=CC=CC5)CC4)CCC3N3C4[C@H]5C6=C(CCC=C6)SC5CC[C@H]4C4=CCCC[C@H]43)N2)=C1. The third-order valence-electron chi connectivity index (χ3n) is 16.7. The van der Waals surface area contributed by atoms with E-state index >= 15 is 0 Å². The van der Waals surface area contributed by atoms with E-state index in [1.165, 1.54) is 107 Å². The van der Waals surface area contributed by atoms with Gasteiger partial charge in [0.2, 0.25) is 0 Å². The number of likely N-dealkylation sites (tertiary alicyclic amines) is 1. The molecule has 5 heteroatoms. The number of hydrogen-bond acceptors (Lipinski definition) is 5. The highest BCUT2D eigenvalue weighted by molar-refractivity contribution is 8.04. The Morgan fingerprint density at radius 3 is 2.45 bits per heavy atom. The minimum absolute atomic E-state index is 0.263. The molecule has 3 aliphatic heterocycles. The maximum absolute atomic E-state index is 5.71. The van der Waals surface area contributed by atoms with Crippen LogP contribution in [-0.2, 0) is 0 Å². The Balaban J connectivity index is 0.983. The van der Waals surface area contributed by atoms with Crippen LogP contribution in [0.15, 0.2) is 170 Å². The summed E-state index contributed by atoms with van der Waals surface area (Å²) in [5.41, 5.74) is 10.8.